The Kier molecular flexibility index (Phi) is 2.89. The predicted molar refractivity (Wildman–Crippen MR) is 72.3 cm³/mol. The van der Waals surface area contributed by atoms with E-state index < -0.39 is 0 Å². The molecule has 0 spiro atoms. The summed E-state index contributed by atoms with van der Waals surface area (Å²) in [5.74, 6) is 0.878. The normalized spacial score (nSPS) is 20.2. The van der Waals surface area contributed by atoms with Crippen LogP contribution < -0.4 is 5.32 Å². The summed E-state index contributed by atoms with van der Waals surface area (Å²) in [6.45, 7) is 4.61. The fourth-order valence-electron chi connectivity index (χ4n) is 2.97. The second kappa shape index (κ2) is 4.53. The molecule has 1 saturated heterocycles. The van der Waals surface area contributed by atoms with Gasteiger partial charge in [0.05, 0.1) is 0 Å². The smallest absolute Gasteiger partial charge is 0.0458 e. The van der Waals surface area contributed by atoms with Gasteiger partial charge in [-0.3, -0.25) is 0 Å². The molecule has 0 radical (unpaired) electrons. The lowest BCUT2D eigenvalue weighted by atomic mass is 9.97. The zero-order valence-corrected chi connectivity index (χ0v) is 10.4. The first kappa shape index (κ1) is 10.8. The van der Waals surface area contributed by atoms with E-state index in [0.29, 0.717) is 0 Å². The minimum atomic E-state index is 0.878. The summed E-state index contributed by atoms with van der Waals surface area (Å²) in [5.41, 5.74) is 4.15. The summed E-state index contributed by atoms with van der Waals surface area (Å²) < 4.78 is 0. The van der Waals surface area contributed by atoms with Crippen molar-refractivity contribution in [2.24, 2.45) is 5.92 Å². The van der Waals surface area contributed by atoms with Crippen molar-refractivity contribution in [3.05, 3.63) is 35.5 Å². The van der Waals surface area contributed by atoms with Gasteiger partial charge in [-0.15, -0.1) is 0 Å². The Morgan fingerprint density at radius 2 is 2.18 bits per heavy atom. The first-order valence-corrected chi connectivity index (χ1v) is 6.61. The number of hydrogen-bond donors (Lipinski definition) is 2. The maximum atomic E-state index is 3.49. The van der Waals surface area contributed by atoms with Crippen LogP contribution in [0.3, 0.4) is 0 Å². The average Bonchev–Trinajstić information content (AvgIpc) is 2.93. The summed E-state index contributed by atoms with van der Waals surface area (Å²) in [6, 6.07) is 8.64. The second-order valence-corrected chi connectivity index (χ2v) is 5.17. The van der Waals surface area contributed by atoms with Crippen LogP contribution in [-0.4, -0.2) is 18.1 Å². The largest absolute Gasteiger partial charge is 0.358 e. The molecule has 3 rings (SSSR count). The van der Waals surface area contributed by atoms with Crippen molar-refractivity contribution in [1.82, 2.24) is 10.3 Å². The van der Waals surface area contributed by atoms with E-state index in [9.17, 15) is 0 Å². The number of benzene rings is 1. The lowest BCUT2D eigenvalue weighted by Gasteiger charge is -2.07. The Bertz CT molecular complexity index is 507. The van der Waals surface area contributed by atoms with Gasteiger partial charge < -0.3 is 10.3 Å². The Labute approximate surface area is 102 Å². The number of aromatic amines is 1. The third-order valence-corrected chi connectivity index (χ3v) is 3.99. The molecule has 1 aliphatic rings. The fourth-order valence-corrected chi connectivity index (χ4v) is 2.97. The Morgan fingerprint density at radius 3 is 3.00 bits per heavy atom. The Hall–Kier alpha value is -1.28. The Balaban J connectivity index is 1.81. The van der Waals surface area contributed by atoms with Crippen LogP contribution in [0.4, 0.5) is 0 Å². The molecule has 2 aromatic rings. The Morgan fingerprint density at radius 1 is 1.29 bits per heavy atom. The summed E-state index contributed by atoms with van der Waals surface area (Å²) in [7, 11) is 0. The zero-order chi connectivity index (χ0) is 11.7. The lowest BCUT2D eigenvalue weighted by molar-refractivity contribution is 0.533. The molecule has 2 heteroatoms. The number of hydrogen-bond acceptors (Lipinski definition) is 1. The molecule has 2 heterocycles. The highest BCUT2D eigenvalue weighted by Gasteiger charge is 2.15. The van der Waals surface area contributed by atoms with Gasteiger partial charge >= 0.3 is 0 Å². The molecule has 2 N–H and O–H groups in total. The first-order valence-electron chi connectivity index (χ1n) is 6.61. The number of H-pyrrole nitrogens is 1. The van der Waals surface area contributed by atoms with Gasteiger partial charge in [-0.25, -0.2) is 0 Å². The molecule has 2 nitrogen and oxygen atoms in total. The van der Waals surface area contributed by atoms with Crippen LogP contribution in [-0.2, 0) is 6.42 Å². The van der Waals surface area contributed by atoms with Crippen LogP contribution in [0.1, 0.15) is 24.1 Å². The van der Waals surface area contributed by atoms with E-state index in [4.69, 9.17) is 0 Å². The number of fused-ring (bicyclic) bond motifs is 1. The SMILES string of the molecule is Cc1[nH]c2ccccc2c1CCC1CCNC1. The van der Waals surface area contributed by atoms with Crippen molar-refractivity contribution < 1.29 is 0 Å². The van der Waals surface area contributed by atoms with E-state index in [1.54, 1.807) is 0 Å². The molecule has 0 amide bonds. The van der Waals surface area contributed by atoms with Crippen molar-refractivity contribution in [3.63, 3.8) is 0 Å². The van der Waals surface area contributed by atoms with Crippen LogP contribution in [0.5, 0.6) is 0 Å². The van der Waals surface area contributed by atoms with Crippen LogP contribution in [0.15, 0.2) is 24.3 Å². The molecule has 0 bridgehead atoms. The number of para-hydroxylation sites is 1. The topological polar surface area (TPSA) is 27.8 Å². The number of rotatable bonds is 3. The van der Waals surface area contributed by atoms with Gasteiger partial charge in [0.15, 0.2) is 0 Å². The molecule has 1 unspecified atom stereocenters. The molecule has 1 aromatic carbocycles. The van der Waals surface area contributed by atoms with Gasteiger partial charge in [-0.05, 0) is 56.8 Å². The number of nitrogens with one attached hydrogen (secondary N) is 2. The highest BCUT2D eigenvalue weighted by molar-refractivity contribution is 5.84. The number of aromatic nitrogens is 1. The minimum absolute atomic E-state index is 0.878. The molecule has 0 aliphatic carbocycles. The molecule has 17 heavy (non-hydrogen) atoms. The zero-order valence-electron chi connectivity index (χ0n) is 10.4. The monoisotopic (exact) mass is 228 g/mol. The molecular formula is C15H20N2. The molecule has 1 fully saturated rings. The quantitative estimate of drug-likeness (QED) is 0.830. The van der Waals surface area contributed by atoms with Gasteiger partial charge in [0, 0.05) is 16.6 Å². The van der Waals surface area contributed by atoms with E-state index >= 15 is 0 Å². The van der Waals surface area contributed by atoms with Crippen molar-refractivity contribution in [2.45, 2.75) is 26.2 Å². The summed E-state index contributed by atoms with van der Waals surface area (Å²) in [4.78, 5) is 3.49. The van der Waals surface area contributed by atoms with Gasteiger partial charge in [0.1, 0.15) is 0 Å². The van der Waals surface area contributed by atoms with Gasteiger partial charge in [-0.2, -0.15) is 0 Å². The molecular weight excluding hydrogens is 208 g/mol. The maximum Gasteiger partial charge on any atom is 0.0458 e. The molecule has 1 aliphatic heterocycles. The van der Waals surface area contributed by atoms with E-state index in [1.807, 2.05) is 0 Å². The fraction of sp³-hybridized carbons (Fsp3) is 0.467. The van der Waals surface area contributed by atoms with Gasteiger partial charge in [0.25, 0.3) is 0 Å². The van der Waals surface area contributed by atoms with E-state index in [1.165, 1.54) is 54.5 Å². The van der Waals surface area contributed by atoms with Crippen molar-refractivity contribution in [2.75, 3.05) is 13.1 Å². The van der Waals surface area contributed by atoms with E-state index in [2.05, 4.69) is 41.5 Å². The van der Waals surface area contributed by atoms with Crippen LogP contribution >= 0.6 is 0 Å². The predicted octanol–water partition coefficient (Wildman–Crippen LogP) is 3.02. The first-order chi connectivity index (χ1) is 8.34. The van der Waals surface area contributed by atoms with Crippen LogP contribution in [0.25, 0.3) is 10.9 Å². The minimum Gasteiger partial charge on any atom is -0.358 e. The molecule has 0 saturated carbocycles. The van der Waals surface area contributed by atoms with E-state index in [0.717, 1.165) is 5.92 Å². The summed E-state index contributed by atoms with van der Waals surface area (Å²) >= 11 is 0. The highest BCUT2D eigenvalue weighted by Crippen LogP contribution is 2.25. The average molecular weight is 228 g/mol. The van der Waals surface area contributed by atoms with Gasteiger partial charge in [0.2, 0.25) is 0 Å². The van der Waals surface area contributed by atoms with Crippen LogP contribution in [0.2, 0.25) is 0 Å². The van der Waals surface area contributed by atoms with Crippen LogP contribution in [0, 0.1) is 12.8 Å². The lowest BCUT2D eigenvalue weighted by Crippen LogP contribution is -2.09. The third-order valence-electron chi connectivity index (χ3n) is 3.99. The van der Waals surface area contributed by atoms with E-state index in [-0.39, 0.29) is 0 Å². The standard InChI is InChI=1S/C15H20N2/c1-11-13(7-6-12-8-9-16-10-12)14-4-2-3-5-15(14)17-11/h2-5,12,16-17H,6-10H2,1H3. The molecule has 1 aromatic heterocycles. The van der Waals surface area contributed by atoms with Gasteiger partial charge in [-0.1, -0.05) is 18.2 Å². The molecule has 1 atom stereocenters. The number of aryl methyl sites for hydroxylation is 2. The van der Waals surface area contributed by atoms with Crippen molar-refractivity contribution in [1.29, 1.82) is 0 Å². The van der Waals surface area contributed by atoms with Crippen molar-refractivity contribution >= 4 is 10.9 Å². The second-order valence-electron chi connectivity index (χ2n) is 5.17. The summed E-state index contributed by atoms with van der Waals surface area (Å²) in [5, 5.41) is 4.86. The maximum absolute atomic E-state index is 3.49. The van der Waals surface area contributed by atoms with Crippen molar-refractivity contribution in [3.8, 4) is 0 Å². The highest BCUT2D eigenvalue weighted by atomic mass is 14.9. The molecule has 90 valence electrons. The summed E-state index contributed by atoms with van der Waals surface area (Å²) in [6.07, 6.45) is 3.87. The third kappa shape index (κ3) is 2.09.